The second kappa shape index (κ2) is 9.69. The lowest BCUT2D eigenvalue weighted by Gasteiger charge is -2.28. The van der Waals surface area contributed by atoms with Gasteiger partial charge in [-0.2, -0.15) is 0 Å². The molecule has 2 rings (SSSR count). The topological polar surface area (TPSA) is 63.0 Å². The smallest absolute Gasteiger partial charge is 0.242 e. The van der Waals surface area contributed by atoms with Crippen molar-refractivity contribution in [3.63, 3.8) is 0 Å². The molecular weight excluding hydrogens is 332 g/mol. The molecule has 1 aromatic rings. The molecule has 0 aromatic carbocycles. The zero-order valence-corrected chi connectivity index (χ0v) is 14.8. The number of amides is 2. The number of ether oxygens (including phenoxy) is 1. The number of alkyl halides is 1. The van der Waals surface area contributed by atoms with E-state index in [1.165, 1.54) is 4.90 Å². The summed E-state index contributed by atoms with van der Waals surface area (Å²) in [5.41, 5.74) is 0. The predicted octanol–water partition coefficient (Wildman–Crippen LogP) is 2.26. The fraction of sp³-hybridized carbons (Fsp3) is 0.647. The van der Waals surface area contributed by atoms with Gasteiger partial charge in [-0.1, -0.05) is 6.92 Å². The van der Waals surface area contributed by atoms with Crippen LogP contribution in [0.25, 0.3) is 0 Å². The summed E-state index contributed by atoms with van der Waals surface area (Å²) in [6.07, 6.45) is 4.37. The van der Waals surface area contributed by atoms with E-state index in [2.05, 4.69) is 0 Å². The molecule has 1 atom stereocenters. The van der Waals surface area contributed by atoms with Gasteiger partial charge in [-0.15, -0.1) is 11.6 Å². The molecule has 0 spiro atoms. The van der Waals surface area contributed by atoms with Gasteiger partial charge in [0.15, 0.2) is 0 Å². The molecule has 0 aliphatic carbocycles. The van der Waals surface area contributed by atoms with Gasteiger partial charge in [0.25, 0.3) is 0 Å². The number of nitrogens with zero attached hydrogens (tertiary/aromatic N) is 2. The van der Waals surface area contributed by atoms with Crippen LogP contribution in [-0.4, -0.2) is 59.8 Å². The van der Waals surface area contributed by atoms with Crippen molar-refractivity contribution in [2.24, 2.45) is 0 Å². The van der Waals surface area contributed by atoms with Crippen LogP contribution in [0.1, 0.15) is 31.9 Å². The number of furan rings is 1. The van der Waals surface area contributed by atoms with Crippen LogP contribution in [0.4, 0.5) is 0 Å². The van der Waals surface area contributed by atoms with Gasteiger partial charge in [0.1, 0.15) is 11.6 Å². The standard InChI is InChI=1S/C17H25ClN2O4/c1-2-7-19(16(21)10-18)13-17(22)20(11-14-5-3-8-23-14)12-15-6-4-9-24-15/h3,5,8,15H,2,4,6-7,9-13H2,1H3. The minimum atomic E-state index is -0.220. The van der Waals surface area contributed by atoms with E-state index in [0.717, 1.165) is 25.9 Å². The highest BCUT2D eigenvalue weighted by Gasteiger charge is 2.25. The third-order valence-electron chi connectivity index (χ3n) is 4.01. The fourth-order valence-electron chi connectivity index (χ4n) is 2.79. The summed E-state index contributed by atoms with van der Waals surface area (Å²) in [4.78, 5) is 27.9. The SMILES string of the molecule is CCCN(CC(=O)N(Cc1ccco1)CC1CCCO1)C(=O)CCl. The molecule has 1 fully saturated rings. The zero-order valence-electron chi connectivity index (χ0n) is 14.1. The Balaban J connectivity index is 2.02. The van der Waals surface area contributed by atoms with Crippen molar-refractivity contribution in [3.8, 4) is 0 Å². The number of hydrogen-bond acceptors (Lipinski definition) is 4. The highest BCUT2D eigenvalue weighted by molar-refractivity contribution is 6.27. The van der Waals surface area contributed by atoms with Crippen LogP contribution >= 0.6 is 11.6 Å². The molecule has 7 heteroatoms. The molecule has 24 heavy (non-hydrogen) atoms. The normalized spacial score (nSPS) is 17.0. The van der Waals surface area contributed by atoms with Gasteiger partial charge in [0.2, 0.25) is 11.8 Å². The van der Waals surface area contributed by atoms with E-state index < -0.39 is 0 Å². The number of hydrogen-bond donors (Lipinski definition) is 0. The van der Waals surface area contributed by atoms with Crippen molar-refractivity contribution < 1.29 is 18.7 Å². The van der Waals surface area contributed by atoms with Crippen molar-refractivity contribution in [2.45, 2.75) is 38.8 Å². The molecule has 1 saturated heterocycles. The number of carbonyl (C=O) groups is 2. The Bertz CT molecular complexity index is 515. The highest BCUT2D eigenvalue weighted by atomic mass is 35.5. The van der Waals surface area contributed by atoms with Gasteiger partial charge in [0, 0.05) is 19.7 Å². The molecule has 134 valence electrons. The molecule has 6 nitrogen and oxygen atoms in total. The Kier molecular flexibility index (Phi) is 7.59. The fourth-order valence-corrected chi connectivity index (χ4v) is 2.96. The van der Waals surface area contributed by atoms with Gasteiger partial charge in [-0.3, -0.25) is 9.59 Å². The maximum absolute atomic E-state index is 12.8. The molecule has 2 amide bonds. The Morgan fingerprint density at radius 2 is 2.17 bits per heavy atom. The third-order valence-corrected chi connectivity index (χ3v) is 4.24. The average Bonchev–Trinajstić information content (AvgIpc) is 3.26. The molecule has 2 heterocycles. The molecule has 0 bridgehead atoms. The van der Waals surface area contributed by atoms with Crippen LogP contribution in [0, 0.1) is 0 Å². The summed E-state index contributed by atoms with van der Waals surface area (Å²) in [5.74, 6) is 0.264. The van der Waals surface area contributed by atoms with Crippen molar-refractivity contribution in [2.75, 3.05) is 32.1 Å². The first-order chi connectivity index (χ1) is 11.6. The van der Waals surface area contributed by atoms with Crippen molar-refractivity contribution >= 4 is 23.4 Å². The van der Waals surface area contributed by atoms with Gasteiger partial charge in [-0.05, 0) is 31.4 Å². The summed E-state index contributed by atoms with van der Waals surface area (Å²) >= 11 is 5.65. The van der Waals surface area contributed by atoms with Crippen LogP contribution in [0.5, 0.6) is 0 Å². The second-order valence-corrected chi connectivity index (χ2v) is 6.20. The van der Waals surface area contributed by atoms with E-state index in [9.17, 15) is 9.59 Å². The summed E-state index contributed by atoms with van der Waals surface area (Å²) in [6, 6.07) is 3.63. The monoisotopic (exact) mass is 356 g/mol. The summed E-state index contributed by atoms with van der Waals surface area (Å²) in [6.45, 7) is 4.14. The summed E-state index contributed by atoms with van der Waals surface area (Å²) in [7, 11) is 0. The second-order valence-electron chi connectivity index (χ2n) is 5.94. The molecule has 1 aliphatic rings. The number of halogens is 1. The minimum absolute atomic E-state index is 0.0345. The van der Waals surface area contributed by atoms with E-state index in [1.54, 1.807) is 17.2 Å². The molecule has 0 saturated carbocycles. The van der Waals surface area contributed by atoms with Gasteiger partial charge in [-0.25, -0.2) is 0 Å². The lowest BCUT2D eigenvalue weighted by Crippen LogP contribution is -2.45. The van der Waals surface area contributed by atoms with Gasteiger partial charge >= 0.3 is 0 Å². The summed E-state index contributed by atoms with van der Waals surface area (Å²) in [5, 5.41) is 0. The van der Waals surface area contributed by atoms with E-state index in [0.29, 0.717) is 25.4 Å². The maximum atomic E-state index is 12.8. The third kappa shape index (κ3) is 5.53. The molecule has 1 aromatic heterocycles. The first-order valence-corrected chi connectivity index (χ1v) is 8.93. The lowest BCUT2D eigenvalue weighted by molar-refractivity contribution is -0.140. The minimum Gasteiger partial charge on any atom is -0.467 e. The molecule has 0 radical (unpaired) electrons. The predicted molar refractivity (Wildman–Crippen MR) is 90.7 cm³/mol. The number of carbonyl (C=O) groups excluding carboxylic acids is 2. The van der Waals surface area contributed by atoms with Crippen LogP contribution in [0.15, 0.2) is 22.8 Å². The Labute approximate surface area is 147 Å². The average molecular weight is 357 g/mol. The van der Waals surface area contributed by atoms with Crippen LogP contribution in [0.3, 0.4) is 0 Å². The largest absolute Gasteiger partial charge is 0.467 e. The van der Waals surface area contributed by atoms with E-state index in [-0.39, 0.29) is 30.3 Å². The lowest BCUT2D eigenvalue weighted by atomic mass is 10.2. The maximum Gasteiger partial charge on any atom is 0.242 e. The Hall–Kier alpha value is -1.53. The summed E-state index contributed by atoms with van der Waals surface area (Å²) < 4.78 is 11.0. The Morgan fingerprint density at radius 3 is 2.75 bits per heavy atom. The zero-order chi connectivity index (χ0) is 17.4. The van der Waals surface area contributed by atoms with Crippen LogP contribution in [-0.2, 0) is 20.9 Å². The van der Waals surface area contributed by atoms with Gasteiger partial charge in [0.05, 0.1) is 25.5 Å². The molecule has 1 aliphatic heterocycles. The van der Waals surface area contributed by atoms with Gasteiger partial charge < -0.3 is 19.0 Å². The van der Waals surface area contributed by atoms with Crippen molar-refractivity contribution in [1.29, 1.82) is 0 Å². The van der Waals surface area contributed by atoms with Crippen LogP contribution < -0.4 is 0 Å². The quantitative estimate of drug-likeness (QED) is 0.637. The number of rotatable bonds is 9. The molecule has 1 unspecified atom stereocenters. The van der Waals surface area contributed by atoms with Crippen molar-refractivity contribution in [3.05, 3.63) is 24.2 Å². The van der Waals surface area contributed by atoms with E-state index in [4.69, 9.17) is 20.8 Å². The molecular formula is C17H25ClN2O4. The van der Waals surface area contributed by atoms with E-state index in [1.807, 2.05) is 13.0 Å². The first kappa shape index (κ1) is 18.8. The van der Waals surface area contributed by atoms with Crippen molar-refractivity contribution in [1.82, 2.24) is 9.80 Å². The highest BCUT2D eigenvalue weighted by Crippen LogP contribution is 2.16. The van der Waals surface area contributed by atoms with E-state index >= 15 is 0 Å². The Morgan fingerprint density at radius 1 is 1.33 bits per heavy atom. The molecule has 0 N–H and O–H groups in total. The van der Waals surface area contributed by atoms with Crippen LogP contribution in [0.2, 0.25) is 0 Å². The first-order valence-electron chi connectivity index (χ1n) is 8.39.